The Labute approximate surface area is 195 Å². The normalized spacial score (nSPS) is 11.1. The van der Waals surface area contributed by atoms with Gasteiger partial charge in [-0.2, -0.15) is 20.1 Å². The van der Waals surface area contributed by atoms with Crippen molar-refractivity contribution in [2.45, 2.75) is 13.5 Å². The zero-order valence-electron chi connectivity index (χ0n) is 17.5. The van der Waals surface area contributed by atoms with Gasteiger partial charge in [0.05, 0.1) is 5.71 Å². The zero-order chi connectivity index (χ0) is 22.2. The summed E-state index contributed by atoms with van der Waals surface area (Å²) in [5.74, 6) is 1.20. The van der Waals surface area contributed by atoms with E-state index < -0.39 is 0 Å². The van der Waals surface area contributed by atoms with E-state index >= 15 is 0 Å². The summed E-state index contributed by atoms with van der Waals surface area (Å²) in [4.78, 5) is 13.4. The van der Waals surface area contributed by atoms with Crippen LogP contribution in [-0.4, -0.2) is 20.7 Å². The van der Waals surface area contributed by atoms with Crippen molar-refractivity contribution in [3.63, 3.8) is 0 Å². The van der Waals surface area contributed by atoms with E-state index in [1.807, 2.05) is 91.9 Å². The van der Waals surface area contributed by atoms with Gasteiger partial charge >= 0.3 is 0 Å². The van der Waals surface area contributed by atoms with Gasteiger partial charge in [-0.1, -0.05) is 76.6 Å². The first-order chi connectivity index (χ1) is 15.7. The van der Waals surface area contributed by atoms with Crippen LogP contribution in [0.2, 0.25) is 0 Å². The lowest BCUT2D eigenvalue weighted by atomic mass is 10.1. The average Bonchev–Trinajstić information content (AvgIpc) is 2.83. The maximum absolute atomic E-state index is 4.50. The Bertz CT molecular complexity index is 1180. The van der Waals surface area contributed by atoms with Gasteiger partial charge in [-0.15, -0.1) is 0 Å². The van der Waals surface area contributed by atoms with Crippen LogP contribution in [0, 0.1) is 0 Å². The van der Waals surface area contributed by atoms with Gasteiger partial charge < -0.3 is 10.6 Å². The van der Waals surface area contributed by atoms with E-state index in [-0.39, 0.29) is 0 Å². The highest BCUT2D eigenvalue weighted by Crippen LogP contribution is 2.17. The van der Waals surface area contributed by atoms with E-state index in [1.54, 1.807) is 0 Å². The second-order valence-corrected chi connectivity index (χ2v) is 7.87. The topological polar surface area (TPSA) is 87.1 Å². The molecule has 4 aromatic rings. The molecule has 1 heterocycles. The molecular formula is C24H22BrN7. The summed E-state index contributed by atoms with van der Waals surface area (Å²) < 4.78 is 1.02. The SMILES string of the molecule is C/C(=N\Nc1nc(NCc2ccccc2)nc(Nc2ccccc2)n1)c1ccc(Br)cc1. The monoisotopic (exact) mass is 487 g/mol. The Morgan fingerprint density at radius 3 is 2.12 bits per heavy atom. The first-order valence-corrected chi connectivity index (χ1v) is 10.9. The summed E-state index contributed by atoms with van der Waals surface area (Å²) in [6.45, 7) is 2.52. The molecule has 32 heavy (non-hydrogen) atoms. The molecule has 3 N–H and O–H groups in total. The molecule has 160 valence electrons. The van der Waals surface area contributed by atoms with Crippen LogP contribution < -0.4 is 16.1 Å². The Morgan fingerprint density at radius 2 is 1.41 bits per heavy atom. The van der Waals surface area contributed by atoms with Gasteiger partial charge in [0.15, 0.2) is 0 Å². The van der Waals surface area contributed by atoms with Crippen LogP contribution in [0.25, 0.3) is 0 Å². The molecule has 0 aliphatic rings. The van der Waals surface area contributed by atoms with Gasteiger partial charge in [0.1, 0.15) is 0 Å². The second kappa shape index (κ2) is 10.5. The Balaban J connectivity index is 1.55. The molecule has 7 nitrogen and oxygen atoms in total. The summed E-state index contributed by atoms with van der Waals surface area (Å²) >= 11 is 3.45. The van der Waals surface area contributed by atoms with E-state index in [0.29, 0.717) is 24.4 Å². The maximum Gasteiger partial charge on any atom is 0.250 e. The van der Waals surface area contributed by atoms with Crippen molar-refractivity contribution in [3.8, 4) is 0 Å². The van der Waals surface area contributed by atoms with Crippen LogP contribution in [-0.2, 0) is 6.54 Å². The maximum atomic E-state index is 4.50. The number of hydrogen-bond donors (Lipinski definition) is 3. The first-order valence-electron chi connectivity index (χ1n) is 10.1. The molecule has 0 atom stereocenters. The zero-order valence-corrected chi connectivity index (χ0v) is 19.0. The van der Waals surface area contributed by atoms with Gasteiger partial charge in [0.2, 0.25) is 17.8 Å². The third kappa shape index (κ3) is 6.12. The van der Waals surface area contributed by atoms with Crippen LogP contribution in [0.15, 0.2) is 94.5 Å². The lowest BCUT2D eigenvalue weighted by molar-refractivity contribution is 0.998. The minimum Gasteiger partial charge on any atom is -0.350 e. The molecule has 1 aromatic heterocycles. The minimum absolute atomic E-state index is 0.338. The largest absolute Gasteiger partial charge is 0.350 e. The third-order valence-corrected chi connectivity index (χ3v) is 5.07. The van der Waals surface area contributed by atoms with Crippen LogP contribution in [0.3, 0.4) is 0 Å². The van der Waals surface area contributed by atoms with Crippen molar-refractivity contribution < 1.29 is 0 Å². The average molecular weight is 488 g/mol. The lowest BCUT2D eigenvalue weighted by Gasteiger charge is -2.10. The van der Waals surface area contributed by atoms with Crippen molar-refractivity contribution in [1.82, 2.24) is 15.0 Å². The molecular weight excluding hydrogens is 466 g/mol. The Morgan fingerprint density at radius 1 is 0.781 bits per heavy atom. The van der Waals surface area contributed by atoms with E-state index in [4.69, 9.17) is 0 Å². The van der Waals surface area contributed by atoms with Gasteiger partial charge in [0.25, 0.3) is 0 Å². The highest BCUT2D eigenvalue weighted by Gasteiger charge is 2.08. The van der Waals surface area contributed by atoms with Crippen molar-refractivity contribution >= 4 is 45.2 Å². The molecule has 0 fully saturated rings. The fraction of sp³-hybridized carbons (Fsp3) is 0.0833. The number of halogens is 1. The molecule has 0 radical (unpaired) electrons. The molecule has 0 amide bonds. The van der Waals surface area contributed by atoms with E-state index in [2.05, 4.69) is 52.0 Å². The third-order valence-electron chi connectivity index (χ3n) is 4.54. The van der Waals surface area contributed by atoms with E-state index in [1.165, 1.54) is 0 Å². The molecule has 0 saturated carbocycles. The standard InChI is InChI=1S/C24H22BrN7/c1-17(19-12-14-20(25)15-13-19)31-32-24-29-22(26-16-18-8-4-2-5-9-18)28-23(30-24)27-21-10-6-3-7-11-21/h2-15H,16H2,1H3,(H3,26,27,28,29,30,32)/b31-17+. The summed E-state index contributed by atoms with van der Waals surface area (Å²) in [5, 5.41) is 10.9. The summed E-state index contributed by atoms with van der Waals surface area (Å²) in [7, 11) is 0. The number of nitrogens with zero attached hydrogens (tertiary/aromatic N) is 4. The number of rotatable bonds is 8. The second-order valence-electron chi connectivity index (χ2n) is 6.95. The van der Waals surface area contributed by atoms with Crippen LogP contribution in [0.5, 0.6) is 0 Å². The van der Waals surface area contributed by atoms with Crippen LogP contribution >= 0.6 is 15.9 Å². The fourth-order valence-corrected chi connectivity index (χ4v) is 3.14. The highest BCUT2D eigenvalue weighted by molar-refractivity contribution is 9.10. The number of nitrogens with one attached hydrogen (secondary N) is 3. The molecule has 0 saturated heterocycles. The highest BCUT2D eigenvalue weighted by atomic mass is 79.9. The van der Waals surface area contributed by atoms with E-state index in [0.717, 1.165) is 27.0 Å². The van der Waals surface area contributed by atoms with Crippen molar-refractivity contribution in [1.29, 1.82) is 0 Å². The molecule has 8 heteroatoms. The van der Waals surface area contributed by atoms with Gasteiger partial charge in [-0.25, -0.2) is 5.43 Å². The van der Waals surface area contributed by atoms with Crippen LogP contribution in [0.1, 0.15) is 18.1 Å². The van der Waals surface area contributed by atoms with Crippen molar-refractivity contribution in [2.75, 3.05) is 16.1 Å². The molecule has 0 aliphatic carbocycles. The quantitative estimate of drug-likeness (QED) is 0.214. The fourth-order valence-electron chi connectivity index (χ4n) is 2.88. The minimum atomic E-state index is 0.338. The smallest absolute Gasteiger partial charge is 0.250 e. The van der Waals surface area contributed by atoms with Gasteiger partial charge in [-0.05, 0) is 42.3 Å². The number of benzene rings is 3. The number of hydrazone groups is 1. The predicted molar refractivity (Wildman–Crippen MR) is 133 cm³/mol. The summed E-state index contributed by atoms with van der Waals surface area (Å²) in [6.07, 6.45) is 0. The van der Waals surface area contributed by atoms with Crippen LogP contribution in [0.4, 0.5) is 23.5 Å². The van der Waals surface area contributed by atoms with E-state index in [9.17, 15) is 0 Å². The Hall–Kier alpha value is -3.78. The molecule has 4 rings (SSSR count). The molecule has 0 aliphatic heterocycles. The van der Waals surface area contributed by atoms with Gasteiger partial charge in [-0.3, -0.25) is 0 Å². The summed E-state index contributed by atoms with van der Waals surface area (Å²) in [5.41, 5.74) is 6.78. The molecule has 0 spiro atoms. The molecule has 0 bridgehead atoms. The first kappa shape index (κ1) is 21.5. The van der Waals surface area contributed by atoms with Crippen molar-refractivity contribution in [3.05, 3.63) is 101 Å². The van der Waals surface area contributed by atoms with Gasteiger partial charge in [0, 0.05) is 16.7 Å². The Kier molecular flexibility index (Phi) is 7.04. The molecule has 3 aromatic carbocycles. The summed E-state index contributed by atoms with van der Waals surface area (Å²) in [6, 6.07) is 27.8. The number of aromatic nitrogens is 3. The number of hydrogen-bond acceptors (Lipinski definition) is 7. The number of para-hydroxylation sites is 1. The molecule has 0 unspecified atom stereocenters. The lowest BCUT2D eigenvalue weighted by Crippen LogP contribution is -2.10. The predicted octanol–water partition coefficient (Wildman–Crippen LogP) is 5.83. The van der Waals surface area contributed by atoms with Crippen molar-refractivity contribution in [2.24, 2.45) is 5.10 Å². The number of anilines is 4.